The Morgan fingerprint density at radius 1 is 1.60 bits per heavy atom. The molecule has 1 aliphatic heterocycles. The van der Waals surface area contributed by atoms with Crippen molar-refractivity contribution >= 4 is 33.2 Å². The van der Waals surface area contributed by atoms with E-state index in [1.165, 1.54) is 0 Å². The number of carbonyl (C=O) groups excluding carboxylic acids is 1. The highest BCUT2D eigenvalue weighted by Crippen LogP contribution is 2.32. The van der Waals surface area contributed by atoms with Crippen LogP contribution in [-0.4, -0.2) is 19.0 Å². The van der Waals surface area contributed by atoms with Gasteiger partial charge in [-0.05, 0) is 18.2 Å². The standard InChI is InChI=1S/C11H11BrN2O/c1-2-5-14-10-6-8(12)3-4-9(10)13-7-11(14)15/h2-4,6,13H,1,5,7H2. The average molecular weight is 267 g/mol. The molecule has 1 aromatic rings. The van der Waals surface area contributed by atoms with Gasteiger partial charge >= 0.3 is 0 Å². The molecule has 78 valence electrons. The molecule has 15 heavy (non-hydrogen) atoms. The number of hydrogen-bond acceptors (Lipinski definition) is 2. The third-order valence-corrected chi connectivity index (χ3v) is 2.79. The maximum Gasteiger partial charge on any atom is 0.246 e. The Morgan fingerprint density at radius 3 is 3.13 bits per heavy atom. The number of nitrogens with one attached hydrogen (secondary N) is 1. The predicted molar refractivity (Wildman–Crippen MR) is 65.2 cm³/mol. The topological polar surface area (TPSA) is 32.3 Å². The summed E-state index contributed by atoms with van der Waals surface area (Å²) in [6.07, 6.45) is 1.73. The molecule has 0 saturated carbocycles. The molecule has 0 aromatic heterocycles. The van der Waals surface area contributed by atoms with Gasteiger partial charge in [0.1, 0.15) is 0 Å². The molecule has 4 heteroatoms. The highest BCUT2D eigenvalue weighted by molar-refractivity contribution is 9.10. The highest BCUT2D eigenvalue weighted by Gasteiger charge is 2.22. The van der Waals surface area contributed by atoms with Crippen LogP contribution in [0.15, 0.2) is 35.3 Å². The van der Waals surface area contributed by atoms with Crippen LogP contribution in [0.3, 0.4) is 0 Å². The number of hydrogen-bond donors (Lipinski definition) is 1. The van der Waals surface area contributed by atoms with E-state index in [2.05, 4.69) is 27.8 Å². The average Bonchev–Trinajstić information content (AvgIpc) is 2.23. The Labute approximate surface area is 96.9 Å². The van der Waals surface area contributed by atoms with Crippen LogP contribution >= 0.6 is 15.9 Å². The zero-order chi connectivity index (χ0) is 10.8. The van der Waals surface area contributed by atoms with E-state index in [1.54, 1.807) is 11.0 Å². The summed E-state index contributed by atoms with van der Waals surface area (Å²) in [4.78, 5) is 13.4. The lowest BCUT2D eigenvalue weighted by Gasteiger charge is -2.29. The molecule has 0 saturated heterocycles. The van der Waals surface area contributed by atoms with Crippen LogP contribution in [0.5, 0.6) is 0 Å². The Morgan fingerprint density at radius 2 is 2.40 bits per heavy atom. The molecular weight excluding hydrogens is 256 g/mol. The van der Waals surface area contributed by atoms with Gasteiger partial charge in [0.2, 0.25) is 5.91 Å². The number of benzene rings is 1. The number of fused-ring (bicyclic) bond motifs is 1. The van der Waals surface area contributed by atoms with E-state index in [4.69, 9.17) is 0 Å². The maximum absolute atomic E-state index is 11.7. The fourth-order valence-corrected chi connectivity index (χ4v) is 1.96. The van der Waals surface area contributed by atoms with E-state index in [1.807, 2.05) is 18.2 Å². The van der Waals surface area contributed by atoms with E-state index in [0.717, 1.165) is 15.8 Å². The van der Waals surface area contributed by atoms with Crippen LogP contribution in [0.2, 0.25) is 0 Å². The first-order valence-corrected chi connectivity index (χ1v) is 5.46. The monoisotopic (exact) mass is 266 g/mol. The van der Waals surface area contributed by atoms with Crippen molar-refractivity contribution in [3.8, 4) is 0 Å². The van der Waals surface area contributed by atoms with Crippen LogP contribution in [0.4, 0.5) is 11.4 Å². The van der Waals surface area contributed by atoms with Gasteiger partial charge in [-0.3, -0.25) is 4.79 Å². The fraction of sp³-hybridized carbons (Fsp3) is 0.182. The normalized spacial score (nSPS) is 14.5. The van der Waals surface area contributed by atoms with Crippen LogP contribution in [0.25, 0.3) is 0 Å². The second-order valence-corrected chi connectivity index (χ2v) is 4.22. The maximum atomic E-state index is 11.7. The van der Waals surface area contributed by atoms with Gasteiger partial charge in [0.15, 0.2) is 0 Å². The van der Waals surface area contributed by atoms with Gasteiger partial charge in [-0.25, -0.2) is 0 Å². The van der Waals surface area contributed by atoms with Crippen LogP contribution < -0.4 is 10.2 Å². The van der Waals surface area contributed by atoms with Crippen molar-refractivity contribution in [2.75, 3.05) is 23.3 Å². The first-order valence-electron chi connectivity index (χ1n) is 4.67. The second-order valence-electron chi connectivity index (χ2n) is 3.31. The molecule has 1 aromatic carbocycles. The molecule has 2 rings (SSSR count). The SMILES string of the molecule is C=CCN1C(=O)CNc2ccc(Br)cc21. The van der Waals surface area contributed by atoms with Crippen LogP contribution in [-0.2, 0) is 4.79 Å². The van der Waals surface area contributed by atoms with Crippen LogP contribution in [0, 0.1) is 0 Å². The molecule has 3 nitrogen and oxygen atoms in total. The molecule has 0 atom stereocenters. The fourth-order valence-electron chi connectivity index (χ4n) is 1.61. The molecule has 0 fully saturated rings. The summed E-state index contributed by atoms with van der Waals surface area (Å²) >= 11 is 3.40. The van der Waals surface area contributed by atoms with Gasteiger partial charge in [-0.15, -0.1) is 6.58 Å². The number of carbonyl (C=O) groups is 1. The first kappa shape index (κ1) is 10.2. The molecule has 0 unspecified atom stereocenters. The van der Waals surface area contributed by atoms with Crippen molar-refractivity contribution in [2.45, 2.75) is 0 Å². The smallest absolute Gasteiger partial charge is 0.246 e. The lowest BCUT2D eigenvalue weighted by atomic mass is 10.2. The third kappa shape index (κ3) is 1.90. The Bertz CT molecular complexity index is 417. The van der Waals surface area contributed by atoms with Crippen molar-refractivity contribution in [1.82, 2.24) is 0 Å². The molecule has 0 aliphatic carbocycles. The van der Waals surface area contributed by atoms with Gasteiger partial charge in [-0.2, -0.15) is 0 Å². The number of amides is 1. The quantitative estimate of drug-likeness (QED) is 0.834. The lowest BCUT2D eigenvalue weighted by Crippen LogP contribution is -2.39. The van der Waals surface area contributed by atoms with E-state index in [9.17, 15) is 4.79 Å². The molecule has 1 N–H and O–H groups in total. The van der Waals surface area contributed by atoms with E-state index in [0.29, 0.717) is 13.1 Å². The van der Waals surface area contributed by atoms with Gasteiger partial charge in [-0.1, -0.05) is 22.0 Å². The Balaban J connectivity index is 2.45. The molecular formula is C11H11BrN2O. The second kappa shape index (κ2) is 4.06. The lowest BCUT2D eigenvalue weighted by molar-refractivity contribution is -0.117. The number of rotatable bonds is 2. The van der Waals surface area contributed by atoms with E-state index < -0.39 is 0 Å². The van der Waals surface area contributed by atoms with Crippen molar-refractivity contribution in [3.63, 3.8) is 0 Å². The molecule has 0 radical (unpaired) electrons. The minimum absolute atomic E-state index is 0.0699. The van der Waals surface area contributed by atoms with E-state index >= 15 is 0 Å². The summed E-state index contributed by atoms with van der Waals surface area (Å²) in [6.45, 7) is 4.55. The number of anilines is 2. The van der Waals surface area contributed by atoms with Crippen LogP contribution in [0.1, 0.15) is 0 Å². The Kier molecular flexibility index (Phi) is 2.77. The van der Waals surface area contributed by atoms with Gasteiger partial charge in [0.25, 0.3) is 0 Å². The molecule has 0 bridgehead atoms. The highest BCUT2D eigenvalue weighted by atomic mass is 79.9. The van der Waals surface area contributed by atoms with Gasteiger partial charge in [0.05, 0.1) is 17.9 Å². The predicted octanol–water partition coefficient (Wildman–Crippen LogP) is 2.39. The van der Waals surface area contributed by atoms with Crippen molar-refractivity contribution in [1.29, 1.82) is 0 Å². The first-order chi connectivity index (χ1) is 7.22. The number of nitrogens with zero attached hydrogens (tertiary/aromatic N) is 1. The number of halogens is 1. The van der Waals surface area contributed by atoms with Crippen molar-refractivity contribution in [2.24, 2.45) is 0 Å². The summed E-state index contributed by atoms with van der Waals surface area (Å²) in [7, 11) is 0. The van der Waals surface area contributed by atoms with Crippen molar-refractivity contribution in [3.05, 3.63) is 35.3 Å². The largest absolute Gasteiger partial charge is 0.374 e. The molecule has 1 heterocycles. The molecule has 0 spiro atoms. The summed E-state index contributed by atoms with van der Waals surface area (Å²) in [5, 5.41) is 3.08. The third-order valence-electron chi connectivity index (χ3n) is 2.29. The Hall–Kier alpha value is -1.29. The zero-order valence-corrected chi connectivity index (χ0v) is 9.75. The summed E-state index contributed by atoms with van der Waals surface area (Å²) in [6, 6.07) is 5.85. The molecule has 1 amide bonds. The van der Waals surface area contributed by atoms with Crippen molar-refractivity contribution < 1.29 is 4.79 Å². The van der Waals surface area contributed by atoms with E-state index in [-0.39, 0.29) is 5.91 Å². The molecule has 1 aliphatic rings. The van der Waals surface area contributed by atoms with Gasteiger partial charge < -0.3 is 10.2 Å². The summed E-state index contributed by atoms with van der Waals surface area (Å²) in [5.41, 5.74) is 1.89. The minimum Gasteiger partial charge on any atom is -0.374 e. The summed E-state index contributed by atoms with van der Waals surface area (Å²) < 4.78 is 0.965. The minimum atomic E-state index is 0.0699. The summed E-state index contributed by atoms with van der Waals surface area (Å²) in [5.74, 6) is 0.0699. The van der Waals surface area contributed by atoms with Gasteiger partial charge in [0, 0.05) is 11.0 Å². The zero-order valence-electron chi connectivity index (χ0n) is 8.16.